The Kier molecular flexibility index (Phi) is 8.12. The van der Waals surface area contributed by atoms with E-state index in [4.69, 9.17) is 4.74 Å². The van der Waals surface area contributed by atoms with Crippen molar-refractivity contribution in [3.63, 3.8) is 0 Å². The molecule has 0 fully saturated rings. The van der Waals surface area contributed by atoms with Gasteiger partial charge in [-0.25, -0.2) is 0 Å². The van der Waals surface area contributed by atoms with Crippen LogP contribution in [0.15, 0.2) is 0 Å². The monoisotopic (exact) mass is 298 g/mol. The van der Waals surface area contributed by atoms with E-state index in [0.717, 1.165) is 0 Å². The minimum absolute atomic E-state index is 0.184. The van der Waals surface area contributed by atoms with Crippen LogP contribution in [0, 0.1) is 0 Å². The molecule has 7 heteroatoms. The fourth-order valence-corrected chi connectivity index (χ4v) is 1.84. The van der Waals surface area contributed by atoms with Gasteiger partial charge in [-0.05, 0) is 40.3 Å². The quantitative estimate of drug-likeness (QED) is 0.663. The van der Waals surface area contributed by atoms with E-state index in [0.29, 0.717) is 13.0 Å². The Balaban J connectivity index is 4.60. The van der Waals surface area contributed by atoms with Crippen LogP contribution in [-0.2, 0) is 9.53 Å². The molecule has 0 aromatic rings. The van der Waals surface area contributed by atoms with Crippen molar-refractivity contribution < 1.29 is 22.7 Å². The van der Waals surface area contributed by atoms with E-state index < -0.39 is 24.2 Å². The van der Waals surface area contributed by atoms with Crippen molar-refractivity contribution in [3.8, 4) is 0 Å². The highest BCUT2D eigenvalue weighted by atomic mass is 19.4. The van der Waals surface area contributed by atoms with E-state index >= 15 is 0 Å². The number of likely N-dealkylation sites (N-methyl/N-ethyl adjacent to an activating group) is 1. The van der Waals surface area contributed by atoms with Crippen molar-refractivity contribution in [2.24, 2.45) is 0 Å². The first-order valence-electron chi connectivity index (χ1n) is 6.83. The molecular formula is C13H25F3N2O2. The Labute approximate surface area is 118 Å². The fraction of sp³-hybridized carbons (Fsp3) is 0.923. The SMILES string of the molecule is CCCN(CCC(C)(NC)C(=O)OCC)CC(F)(F)F. The molecule has 0 aromatic heterocycles. The first kappa shape index (κ1) is 19.2. The number of carbonyl (C=O) groups is 1. The van der Waals surface area contributed by atoms with Crippen LogP contribution in [0.5, 0.6) is 0 Å². The molecular weight excluding hydrogens is 273 g/mol. The van der Waals surface area contributed by atoms with Crippen LogP contribution in [-0.4, -0.2) is 55.9 Å². The second kappa shape index (κ2) is 8.46. The van der Waals surface area contributed by atoms with Gasteiger partial charge in [0.05, 0.1) is 13.2 Å². The van der Waals surface area contributed by atoms with Crippen LogP contribution in [0.4, 0.5) is 13.2 Å². The van der Waals surface area contributed by atoms with Crippen LogP contribution in [0.25, 0.3) is 0 Å². The molecule has 0 spiro atoms. The summed E-state index contributed by atoms with van der Waals surface area (Å²) < 4.78 is 42.3. The molecule has 0 rings (SSSR count). The molecule has 4 nitrogen and oxygen atoms in total. The molecule has 20 heavy (non-hydrogen) atoms. The summed E-state index contributed by atoms with van der Waals surface area (Å²) in [7, 11) is 1.60. The predicted molar refractivity (Wildman–Crippen MR) is 71.5 cm³/mol. The van der Waals surface area contributed by atoms with Gasteiger partial charge in [-0.1, -0.05) is 6.92 Å². The lowest BCUT2D eigenvalue weighted by molar-refractivity contribution is -0.152. The molecule has 0 radical (unpaired) electrons. The van der Waals surface area contributed by atoms with Crippen molar-refractivity contribution in [2.45, 2.75) is 45.3 Å². The number of halogens is 3. The fourth-order valence-electron chi connectivity index (χ4n) is 1.84. The number of nitrogens with one attached hydrogen (secondary N) is 1. The van der Waals surface area contributed by atoms with Crippen molar-refractivity contribution >= 4 is 5.97 Å². The minimum Gasteiger partial charge on any atom is -0.465 e. The summed E-state index contributed by atoms with van der Waals surface area (Å²) in [5.41, 5.74) is -0.965. The summed E-state index contributed by atoms with van der Waals surface area (Å²) in [6, 6.07) is 0. The maximum absolute atomic E-state index is 12.5. The van der Waals surface area contributed by atoms with Crippen molar-refractivity contribution in [1.82, 2.24) is 10.2 Å². The standard InChI is InChI=1S/C13H25F3N2O2/c1-5-8-18(10-13(14,15)16)9-7-12(3,17-4)11(19)20-6-2/h17H,5-10H2,1-4H3. The summed E-state index contributed by atoms with van der Waals surface area (Å²) in [6.07, 6.45) is -3.33. The molecule has 120 valence electrons. The first-order valence-corrected chi connectivity index (χ1v) is 6.83. The maximum Gasteiger partial charge on any atom is 0.401 e. The van der Waals surface area contributed by atoms with Crippen molar-refractivity contribution in [3.05, 3.63) is 0 Å². The number of nitrogens with zero attached hydrogens (tertiary/aromatic N) is 1. The zero-order valence-electron chi connectivity index (χ0n) is 12.6. The highest BCUT2D eigenvalue weighted by Crippen LogP contribution is 2.19. The summed E-state index contributed by atoms with van der Waals surface area (Å²) in [4.78, 5) is 13.1. The zero-order chi connectivity index (χ0) is 15.8. The molecule has 0 saturated carbocycles. The highest BCUT2D eigenvalue weighted by molar-refractivity contribution is 5.80. The third-order valence-electron chi connectivity index (χ3n) is 3.15. The third-order valence-corrected chi connectivity index (χ3v) is 3.15. The van der Waals surface area contributed by atoms with Gasteiger partial charge in [0.25, 0.3) is 0 Å². The highest BCUT2D eigenvalue weighted by Gasteiger charge is 2.35. The van der Waals surface area contributed by atoms with E-state index in [1.54, 1.807) is 20.9 Å². The van der Waals surface area contributed by atoms with Gasteiger partial charge in [-0.15, -0.1) is 0 Å². The number of hydrogen-bond acceptors (Lipinski definition) is 4. The van der Waals surface area contributed by atoms with Gasteiger partial charge in [-0.3, -0.25) is 9.69 Å². The lowest BCUT2D eigenvalue weighted by Gasteiger charge is -2.30. The molecule has 0 amide bonds. The van der Waals surface area contributed by atoms with Gasteiger partial charge < -0.3 is 10.1 Å². The van der Waals surface area contributed by atoms with Gasteiger partial charge in [0.2, 0.25) is 0 Å². The lowest BCUT2D eigenvalue weighted by atomic mass is 9.98. The average Bonchev–Trinajstić information content (AvgIpc) is 2.34. The Morgan fingerprint density at radius 1 is 1.25 bits per heavy atom. The van der Waals surface area contributed by atoms with Gasteiger partial charge in [0.15, 0.2) is 0 Å². The lowest BCUT2D eigenvalue weighted by Crippen LogP contribution is -2.51. The topological polar surface area (TPSA) is 41.6 Å². The molecule has 0 bridgehead atoms. The maximum atomic E-state index is 12.5. The molecule has 0 aromatic carbocycles. The summed E-state index contributed by atoms with van der Waals surface area (Å²) in [5.74, 6) is -0.439. The normalized spacial score (nSPS) is 15.2. The van der Waals surface area contributed by atoms with Gasteiger partial charge >= 0.3 is 12.1 Å². The Hall–Kier alpha value is -0.820. The molecule has 1 atom stereocenters. The molecule has 0 aliphatic heterocycles. The second-order valence-electron chi connectivity index (χ2n) is 4.94. The predicted octanol–water partition coefficient (Wildman–Crippen LogP) is 2.19. The summed E-state index contributed by atoms with van der Waals surface area (Å²) >= 11 is 0. The van der Waals surface area contributed by atoms with E-state index in [-0.39, 0.29) is 19.6 Å². The minimum atomic E-state index is -4.23. The van der Waals surface area contributed by atoms with Gasteiger partial charge in [0.1, 0.15) is 5.54 Å². The number of alkyl halides is 3. The number of esters is 1. The van der Waals surface area contributed by atoms with E-state index in [9.17, 15) is 18.0 Å². The van der Waals surface area contributed by atoms with Crippen LogP contribution in [0.1, 0.15) is 33.6 Å². The zero-order valence-corrected chi connectivity index (χ0v) is 12.6. The van der Waals surface area contributed by atoms with Gasteiger partial charge in [0, 0.05) is 6.54 Å². The van der Waals surface area contributed by atoms with Crippen LogP contribution < -0.4 is 5.32 Å². The van der Waals surface area contributed by atoms with Crippen LogP contribution in [0.2, 0.25) is 0 Å². The average molecular weight is 298 g/mol. The summed E-state index contributed by atoms with van der Waals surface area (Å²) in [5, 5.41) is 2.84. The van der Waals surface area contributed by atoms with Crippen LogP contribution >= 0.6 is 0 Å². The van der Waals surface area contributed by atoms with E-state index in [1.807, 2.05) is 6.92 Å². The Bertz CT molecular complexity index is 298. The first-order chi connectivity index (χ1) is 9.18. The Morgan fingerprint density at radius 2 is 1.85 bits per heavy atom. The van der Waals surface area contributed by atoms with Crippen molar-refractivity contribution in [1.29, 1.82) is 0 Å². The molecule has 0 heterocycles. The van der Waals surface area contributed by atoms with Crippen LogP contribution in [0.3, 0.4) is 0 Å². The molecule has 0 aliphatic rings. The Morgan fingerprint density at radius 3 is 2.25 bits per heavy atom. The number of rotatable bonds is 9. The molecule has 1 unspecified atom stereocenters. The van der Waals surface area contributed by atoms with E-state index in [1.165, 1.54) is 4.90 Å². The van der Waals surface area contributed by atoms with Crippen molar-refractivity contribution in [2.75, 3.05) is 33.3 Å². The molecule has 0 aliphatic carbocycles. The third kappa shape index (κ3) is 7.09. The number of hydrogen-bond donors (Lipinski definition) is 1. The van der Waals surface area contributed by atoms with Gasteiger partial charge in [-0.2, -0.15) is 13.2 Å². The second-order valence-corrected chi connectivity index (χ2v) is 4.94. The molecule has 1 N–H and O–H groups in total. The number of carbonyl (C=O) groups excluding carboxylic acids is 1. The largest absolute Gasteiger partial charge is 0.465 e. The number of ether oxygens (including phenoxy) is 1. The summed E-state index contributed by atoms with van der Waals surface area (Å²) in [6.45, 7) is 4.99. The smallest absolute Gasteiger partial charge is 0.401 e. The molecule has 0 saturated heterocycles. The van der Waals surface area contributed by atoms with E-state index in [2.05, 4.69) is 5.32 Å².